The van der Waals surface area contributed by atoms with Crippen molar-refractivity contribution in [2.45, 2.75) is 18.7 Å². The molecule has 0 radical (unpaired) electrons. The van der Waals surface area contributed by atoms with Crippen LogP contribution in [-0.4, -0.2) is 52.9 Å². The lowest BCUT2D eigenvalue weighted by atomic mass is 10.1. The van der Waals surface area contributed by atoms with Gasteiger partial charge in [-0.25, -0.2) is 12.7 Å². The van der Waals surface area contributed by atoms with E-state index in [1.807, 2.05) is 49.2 Å². The largest absolute Gasteiger partial charge is 0.373 e. The molecule has 0 aromatic heterocycles. The first-order valence-corrected chi connectivity index (χ1v) is 10.2. The molecule has 1 amide bonds. The quantitative estimate of drug-likeness (QED) is 0.790. The number of carbonyl (C=O) groups excluding carboxylic acids is 1. The maximum absolute atomic E-state index is 12.5. The van der Waals surface area contributed by atoms with E-state index >= 15 is 0 Å². The predicted molar refractivity (Wildman–Crippen MR) is 109 cm³/mol. The third kappa shape index (κ3) is 4.87. The van der Waals surface area contributed by atoms with E-state index in [0.717, 1.165) is 15.6 Å². The summed E-state index contributed by atoms with van der Waals surface area (Å²) in [5.74, 6) is -0.283. The Hall–Kier alpha value is -2.38. The van der Waals surface area contributed by atoms with Crippen LogP contribution in [-0.2, 0) is 10.0 Å². The Kier molecular flexibility index (Phi) is 6.62. The van der Waals surface area contributed by atoms with Gasteiger partial charge in [-0.2, -0.15) is 0 Å². The third-order valence-electron chi connectivity index (χ3n) is 4.57. The predicted octanol–water partition coefficient (Wildman–Crippen LogP) is 2.42. The third-order valence-corrected chi connectivity index (χ3v) is 6.51. The van der Waals surface area contributed by atoms with Gasteiger partial charge in [0.05, 0.1) is 4.90 Å². The van der Waals surface area contributed by atoms with Crippen LogP contribution >= 0.6 is 0 Å². The molecule has 27 heavy (non-hydrogen) atoms. The average molecular weight is 390 g/mol. The van der Waals surface area contributed by atoms with Crippen LogP contribution in [0.3, 0.4) is 0 Å². The fourth-order valence-electron chi connectivity index (χ4n) is 2.67. The number of amides is 1. The number of nitrogens with one attached hydrogen (secondary N) is 1. The lowest BCUT2D eigenvalue weighted by molar-refractivity contribution is 0.0954. The monoisotopic (exact) mass is 389 g/mol. The normalized spacial score (nSPS) is 11.5. The highest BCUT2D eigenvalue weighted by Gasteiger charge is 2.22. The van der Waals surface area contributed by atoms with Gasteiger partial charge in [-0.15, -0.1) is 0 Å². The Morgan fingerprint density at radius 2 is 1.67 bits per heavy atom. The highest BCUT2D eigenvalue weighted by atomic mass is 32.2. The topological polar surface area (TPSA) is 69.7 Å². The molecule has 7 heteroatoms. The number of hydrogen-bond donors (Lipinski definition) is 1. The van der Waals surface area contributed by atoms with Crippen LogP contribution in [0.5, 0.6) is 0 Å². The van der Waals surface area contributed by atoms with Crippen LogP contribution in [0.15, 0.2) is 47.4 Å². The van der Waals surface area contributed by atoms with E-state index in [1.165, 1.54) is 20.2 Å². The maximum Gasteiger partial charge on any atom is 0.251 e. The average Bonchev–Trinajstić information content (AvgIpc) is 2.63. The van der Waals surface area contributed by atoms with Gasteiger partial charge in [-0.05, 0) is 49.2 Å². The minimum atomic E-state index is -3.61. The zero-order chi connectivity index (χ0) is 20.2. The number of aryl methyl sites for hydroxylation is 1. The number of nitrogens with zero attached hydrogens (tertiary/aromatic N) is 2. The van der Waals surface area contributed by atoms with Gasteiger partial charge in [0.25, 0.3) is 5.91 Å². The first kappa shape index (κ1) is 20.9. The second-order valence-corrected chi connectivity index (χ2v) is 8.84. The van der Waals surface area contributed by atoms with Crippen molar-refractivity contribution in [3.8, 4) is 0 Å². The van der Waals surface area contributed by atoms with E-state index < -0.39 is 10.0 Å². The molecular weight excluding hydrogens is 362 g/mol. The van der Waals surface area contributed by atoms with E-state index in [4.69, 9.17) is 0 Å². The number of benzene rings is 2. The Labute approximate surface area is 161 Å². The first-order valence-electron chi connectivity index (χ1n) is 8.72. The number of rotatable bonds is 7. The van der Waals surface area contributed by atoms with Crippen LogP contribution < -0.4 is 10.2 Å². The van der Waals surface area contributed by atoms with Gasteiger partial charge in [0.1, 0.15) is 0 Å². The number of para-hydroxylation sites is 1. The Bertz CT molecular complexity index is 910. The molecule has 1 N–H and O–H groups in total. The SMILES string of the molecule is Cc1cc(C(=O)NCCN(C)c2ccccc2)cc(S(=O)(=O)N(C)C)c1C. The fourth-order valence-corrected chi connectivity index (χ4v) is 3.89. The molecule has 0 heterocycles. The fraction of sp³-hybridized carbons (Fsp3) is 0.350. The molecule has 2 rings (SSSR count). The van der Waals surface area contributed by atoms with E-state index in [1.54, 1.807) is 13.0 Å². The van der Waals surface area contributed by atoms with Crippen LogP contribution in [0.25, 0.3) is 0 Å². The van der Waals surface area contributed by atoms with Gasteiger partial charge < -0.3 is 10.2 Å². The Morgan fingerprint density at radius 1 is 1.04 bits per heavy atom. The van der Waals surface area contributed by atoms with Crippen molar-refractivity contribution in [3.05, 3.63) is 59.2 Å². The lowest BCUT2D eigenvalue weighted by Gasteiger charge is -2.20. The van der Waals surface area contributed by atoms with Crippen LogP contribution in [0.4, 0.5) is 5.69 Å². The summed E-state index contributed by atoms with van der Waals surface area (Å²) >= 11 is 0. The van der Waals surface area contributed by atoms with E-state index in [9.17, 15) is 13.2 Å². The summed E-state index contributed by atoms with van der Waals surface area (Å²) in [7, 11) is 1.31. The standard InChI is InChI=1S/C20H27N3O3S/c1-15-13-17(14-19(16(15)2)27(25,26)22(3)4)20(24)21-11-12-23(5)18-9-7-6-8-10-18/h6-10,13-14H,11-12H2,1-5H3,(H,21,24). The zero-order valence-corrected chi connectivity index (χ0v) is 17.3. The highest BCUT2D eigenvalue weighted by Crippen LogP contribution is 2.23. The van der Waals surface area contributed by atoms with Crippen LogP contribution in [0.1, 0.15) is 21.5 Å². The van der Waals surface area contributed by atoms with Gasteiger partial charge in [0.2, 0.25) is 10.0 Å². The molecule has 146 valence electrons. The van der Waals surface area contributed by atoms with Crippen molar-refractivity contribution in [1.82, 2.24) is 9.62 Å². The van der Waals surface area contributed by atoms with Gasteiger partial charge in [-0.1, -0.05) is 18.2 Å². The molecule has 0 bridgehead atoms. The lowest BCUT2D eigenvalue weighted by Crippen LogP contribution is -2.33. The maximum atomic E-state index is 12.5. The molecule has 0 fully saturated rings. The number of hydrogen-bond acceptors (Lipinski definition) is 4. The molecule has 0 saturated carbocycles. The van der Waals surface area contributed by atoms with Gasteiger partial charge >= 0.3 is 0 Å². The van der Waals surface area contributed by atoms with Crippen LogP contribution in [0, 0.1) is 13.8 Å². The Morgan fingerprint density at radius 3 is 2.26 bits per heavy atom. The smallest absolute Gasteiger partial charge is 0.251 e. The summed E-state index contributed by atoms with van der Waals surface area (Å²) < 4.78 is 26.2. The van der Waals surface area contributed by atoms with Crippen molar-refractivity contribution in [1.29, 1.82) is 0 Å². The summed E-state index contributed by atoms with van der Waals surface area (Å²) in [6.07, 6.45) is 0. The molecule has 0 aliphatic carbocycles. The highest BCUT2D eigenvalue weighted by molar-refractivity contribution is 7.89. The van der Waals surface area contributed by atoms with Crippen LogP contribution in [0.2, 0.25) is 0 Å². The molecule has 0 aliphatic heterocycles. The summed E-state index contributed by atoms with van der Waals surface area (Å²) in [5, 5.41) is 2.87. The van der Waals surface area contributed by atoms with Gasteiger partial charge in [-0.3, -0.25) is 4.79 Å². The van der Waals surface area contributed by atoms with Crippen molar-refractivity contribution >= 4 is 21.6 Å². The van der Waals surface area contributed by atoms with Gasteiger partial charge in [0.15, 0.2) is 0 Å². The molecule has 0 saturated heterocycles. The van der Waals surface area contributed by atoms with Crippen molar-refractivity contribution in [3.63, 3.8) is 0 Å². The van der Waals surface area contributed by atoms with Crippen molar-refractivity contribution in [2.24, 2.45) is 0 Å². The van der Waals surface area contributed by atoms with E-state index in [0.29, 0.717) is 24.2 Å². The van der Waals surface area contributed by atoms with E-state index in [-0.39, 0.29) is 10.8 Å². The summed E-state index contributed by atoms with van der Waals surface area (Å²) in [5.41, 5.74) is 2.84. The molecule has 0 unspecified atom stereocenters. The molecule has 2 aromatic carbocycles. The molecule has 0 spiro atoms. The molecule has 6 nitrogen and oxygen atoms in total. The minimum absolute atomic E-state index is 0.166. The van der Waals surface area contributed by atoms with Crippen molar-refractivity contribution in [2.75, 3.05) is 39.1 Å². The molecule has 2 aromatic rings. The Balaban J connectivity index is 2.12. The molecular formula is C20H27N3O3S. The zero-order valence-electron chi connectivity index (χ0n) is 16.5. The number of sulfonamides is 1. The number of carbonyl (C=O) groups is 1. The number of anilines is 1. The summed E-state index contributed by atoms with van der Waals surface area (Å²) in [6, 6.07) is 13.1. The molecule has 0 atom stereocenters. The van der Waals surface area contributed by atoms with Gasteiger partial charge in [0, 0.05) is 45.5 Å². The minimum Gasteiger partial charge on any atom is -0.373 e. The molecule has 0 aliphatic rings. The second kappa shape index (κ2) is 8.54. The number of likely N-dealkylation sites (N-methyl/N-ethyl adjacent to an activating group) is 1. The van der Waals surface area contributed by atoms with Crippen molar-refractivity contribution < 1.29 is 13.2 Å². The van der Waals surface area contributed by atoms with E-state index in [2.05, 4.69) is 5.32 Å². The first-order chi connectivity index (χ1) is 12.6. The summed E-state index contributed by atoms with van der Waals surface area (Å²) in [4.78, 5) is 14.7. The second-order valence-electron chi connectivity index (χ2n) is 6.72. The summed E-state index contributed by atoms with van der Waals surface area (Å²) in [6.45, 7) is 4.66.